The zero-order valence-electron chi connectivity index (χ0n) is 51.0. The number of hydrogen-bond donors (Lipinski definition) is 0. The Morgan fingerprint density at radius 3 is 0.803 bits per heavy atom. The molecule has 0 saturated heterocycles. The Morgan fingerprint density at radius 1 is 0.276 bits per heavy atom. The fourth-order valence-electron chi connectivity index (χ4n) is 10.1. The number of esters is 3. The Morgan fingerprint density at radius 2 is 0.513 bits per heavy atom. The molecule has 0 fully saturated rings. The second kappa shape index (κ2) is 64.9. The van der Waals surface area contributed by atoms with Gasteiger partial charge in [-0.1, -0.05) is 333 Å². The zero-order chi connectivity index (χ0) is 55.0. The highest BCUT2D eigenvalue weighted by molar-refractivity contribution is 5.71. The first-order chi connectivity index (χ1) is 37.5. The van der Waals surface area contributed by atoms with E-state index >= 15 is 0 Å². The number of rotatable bonds is 62. The van der Waals surface area contributed by atoms with Crippen LogP contribution in [0.2, 0.25) is 0 Å². The van der Waals surface area contributed by atoms with Crippen LogP contribution in [0, 0.1) is 0 Å². The van der Waals surface area contributed by atoms with E-state index in [4.69, 9.17) is 14.2 Å². The van der Waals surface area contributed by atoms with Crippen LogP contribution in [0.3, 0.4) is 0 Å². The molecule has 0 heterocycles. The van der Waals surface area contributed by atoms with Gasteiger partial charge in [0.1, 0.15) is 13.2 Å². The lowest BCUT2D eigenvalue weighted by Gasteiger charge is -2.18. The van der Waals surface area contributed by atoms with Crippen LogP contribution < -0.4 is 0 Å². The summed E-state index contributed by atoms with van der Waals surface area (Å²) in [6, 6.07) is 0. The molecular formula is C70H128O6. The van der Waals surface area contributed by atoms with Gasteiger partial charge < -0.3 is 14.2 Å². The quantitative estimate of drug-likeness (QED) is 0.0261. The van der Waals surface area contributed by atoms with Crippen molar-refractivity contribution in [3.8, 4) is 0 Å². The molecule has 0 amide bonds. The van der Waals surface area contributed by atoms with Crippen LogP contribution in [0.5, 0.6) is 0 Å². The molecule has 6 nitrogen and oxygen atoms in total. The molecule has 0 aliphatic heterocycles. The molecule has 0 aromatic carbocycles. The molecule has 0 N–H and O–H groups in total. The third-order valence-corrected chi connectivity index (χ3v) is 15.1. The standard InChI is InChI=1S/C70H128O6/c1-4-7-10-13-16-18-20-22-24-26-28-29-30-31-32-33-34-35-36-37-38-39-40-41-43-44-46-48-50-52-54-57-60-63-69(72)75-66-67(65-74-68(71)62-59-56-15-12-9-6-3)76-70(73)64-61-58-55-53-51-49-47-45-42-27-25-23-21-19-17-14-11-8-5-2/h8,11,17,19,23,25,42,45,67H,4-7,9-10,12-16,18,20-22,24,26-41,43-44,46-66H2,1-3H3/b11-8-,19-17-,25-23-,45-42-. The first-order valence-electron chi connectivity index (χ1n) is 33.6. The summed E-state index contributed by atoms with van der Waals surface area (Å²) in [5.74, 6) is -0.882. The van der Waals surface area contributed by atoms with E-state index in [9.17, 15) is 14.4 Å². The van der Waals surface area contributed by atoms with Crippen molar-refractivity contribution in [1.82, 2.24) is 0 Å². The lowest BCUT2D eigenvalue weighted by molar-refractivity contribution is -0.167. The summed E-state index contributed by atoms with van der Waals surface area (Å²) < 4.78 is 16.8. The van der Waals surface area contributed by atoms with E-state index in [1.165, 1.54) is 225 Å². The normalized spacial score (nSPS) is 12.3. The maximum absolute atomic E-state index is 12.8. The SMILES string of the molecule is CC/C=C\C/C=C\C/C=C\C/C=C\CCCCCCCCC(=O)OC(COC(=O)CCCCCCCC)COC(=O)CCCCCCCCCCCCCCCCCCCCCCCCCCCCCCCCCCC. The first-order valence-corrected chi connectivity index (χ1v) is 33.6. The molecule has 444 valence electrons. The van der Waals surface area contributed by atoms with Crippen molar-refractivity contribution in [3.63, 3.8) is 0 Å². The predicted molar refractivity (Wildman–Crippen MR) is 330 cm³/mol. The molecule has 0 aliphatic carbocycles. The molecule has 0 aromatic heterocycles. The minimum Gasteiger partial charge on any atom is -0.462 e. The largest absolute Gasteiger partial charge is 0.462 e. The van der Waals surface area contributed by atoms with Gasteiger partial charge in [0.25, 0.3) is 0 Å². The number of carbonyl (C=O) groups excluding carboxylic acids is 3. The summed E-state index contributed by atoms with van der Waals surface area (Å²) in [4.78, 5) is 38.0. The van der Waals surface area contributed by atoms with Crippen molar-refractivity contribution >= 4 is 17.9 Å². The minimum absolute atomic E-state index is 0.0756. The van der Waals surface area contributed by atoms with Gasteiger partial charge in [-0.3, -0.25) is 14.4 Å². The fourth-order valence-corrected chi connectivity index (χ4v) is 10.1. The summed E-state index contributed by atoms with van der Waals surface area (Å²) >= 11 is 0. The highest BCUT2D eigenvalue weighted by atomic mass is 16.6. The molecule has 0 saturated carbocycles. The van der Waals surface area contributed by atoms with Crippen LogP contribution in [0.15, 0.2) is 48.6 Å². The summed E-state index contributed by atoms with van der Waals surface area (Å²) in [6.45, 7) is 6.51. The minimum atomic E-state index is -0.776. The van der Waals surface area contributed by atoms with Crippen molar-refractivity contribution in [1.29, 1.82) is 0 Å². The van der Waals surface area contributed by atoms with Gasteiger partial charge in [-0.2, -0.15) is 0 Å². The molecule has 0 aliphatic rings. The van der Waals surface area contributed by atoms with Crippen molar-refractivity contribution < 1.29 is 28.6 Å². The van der Waals surface area contributed by atoms with Gasteiger partial charge in [-0.15, -0.1) is 0 Å². The number of hydrogen-bond acceptors (Lipinski definition) is 6. The Kier molecular flexibility index (Phi) is 62.6. The molecule has 0 rings (SSSR count). The van der Waals surface area contributed by atoms with Crippen molar-refractivity contribution in [2.45, 2.75) is 367 Å². The maximum Gasteiger partial charge on any atom is 0.306 e. The second-order valence-corrected chi connectivity index (χ2v) is 22.7. The number of ether oxygens (including phenoxy) is 3. The van der Waals surface area contributed by atoms with Crippen LogP contribution in [-0.4, -0.2) is 37.2 Å². The van der Waals surface area contributed by atoms with Crippen molar-refractivity contribution in [2.24, 2.45) is 0 Å². The fraction of sp³-hybridized carbons (Fsp3) is 0.843. The van der Waals surface area contributed by atoms with Gasteiger partial charge in [-0.25, -0.2) is 0 Å². The Bertz CT molecular complexity index is 1310. The van der Waals surface area contributed by atoms with Crippen molar-refractivity contribution in [3.05, 3.63) is 48.6 Å². The average Bonchev–Trinajstić information content (AvgIpc) is 3.42. The monoisotopic (exact) mass is 1060 g/mol. The molecule has 0 bridgehead atoms. The van der Waals surface area contributed by atoms with E-state index < -0.39 is 6.10 Å². The highest BCUT2D eigenvalue weighted by Crippen LogP contribution is 2.18. The van der Waals surface area contributed by atoms with Gasteiger partial charge in [-0.05, 0) is 57.8 Å². The van der Waals surface area contributed by atoms with Gasteiger partial charge in [0, 0.05) is 19.3 Å². The van der Waals surface area contributed by atoms with E-state index in [2.05, 4.69) is 69.4 Å². The van der Waals surface area contributed by atoms with Crippen LogP contribution in [0.4, 0.5) is 0 Å². The van der Waals surface area contributed by atoms with Gasteiger partial charge in [0.15, 0.2) is 6.10 Å². The Balaban J connectivity index is 3.94. The number of unbranched alkanes of at least 4 members (excludes halogenated alkanes) is 43. The van der Waals surface area contributed by atoms with Crippen LogP contribution in [0.25, 0.3) is 0 Å². The lowest BCUT2D eigenvalue weighted by Crippen LogP contribution is -2.30. The first kappa shape index (κ1) is 73.4. The molecule has 0 radical (unpaired) electrons. The van der Waals surface area contributed by atoms with Gasteiger partial charge >= 0.3 is 17.9 Å². The third-order valence-electron chi connectivity index (χ3n) is 15.1. The van der Waals surface area contributed by atoms with Gasteiger partial charge in [0.05, 0.1) is 0 Å². The Labute approximate surface area is 473 Å². The highest BCUT2D eigenvalue weighted by Gasteiger charge is 2.19. The zero-order valence-corrected chi connectivity index (χ0v) is 51.0. The van der Waals surface area contributed by atoms with E-state index in [1.54, 1.807) is 0 Å². The Hall–Kier alpha value is -2.63. The molecule has 0 aromatic rings. The maximum atomic E-state index is 12.8. The molecule has 1 atom stereocenters. The lowest BCUT2D eigenvalue weighted by atomic mass is 10.0. The summed E-state index contributed by atoms with van der Waals surface area (Å²) in [5, 5.41) is 0. The number of allylic oxidation sites excluding steroid dienone is 8. The molecule has 0 spiro atoms. The average molecular weight is 1070 g/mol. The summed E-state index contributed by atoms with van der Waals surface area (Å²) in [7, 11) is 0. The molecule has 76 heavy (non-hydrogen) atoms. The summed E-state index contributed by atoms with van der Waals surface area (Å²) in [5.41, 5.74) is 0. The van der Waals surface area contributed by atoms with E-state index in [-0.39, 0.29) is 31.1 Å². The van der Waals surface area contributed by atoms with Crippen LogP contribution >= 0.6 is 0 Å². The van der Waals surface area contributed by atoms with Crippen LogP contribution in [-0.2, 0) is 28.6 Å². The molecule has 6 heteroatoms. The van der Waals surface area contributed by atoms with Crippen LogP contribution in [0.1, 0.15) is 361 Å². The topological polar surface area (TPSA) is 78.9 Å². The van der Waals surface area contributed by atoms with Gasteiger partial charge in [0.2, 0.25) is 0 Å². The molecular weight excluding hydrogens is 937 g/mol. The van der Waals surface area contributed by atoms with E-state index in [0.29, 0.717) is 19.3 Å². The summed E-state index contributed by atoms with van der Waals surface area (Å²) in [6.07, 6.45) is 81.9. The van der Waals surface area contributed by atoms with E-state index in [0.717, 1.165) is 96.3 Å². The van der Waals surface area contributed by atoms with E-state index in [1.807, 2.05) is 0 Å². The predicted octanol–water partition coefficient (Wildman–Crippen LogP) is 22.9. The second-order valence-electron chi connectivity index (χ2n) is 22.7. The molecule has 1 unspecified atom stereocenters. The third kappa shape index (κ3) is 62.2. The smallest absolute Gasteiger partial charge is 0.306 e. The number of carbonyl (C=O) groups is 3. The van der Waals surface area contributed by atoms with Crippen molar-refractivity contribution in [2.75, 3.05) is 13.2 Å².